The van der Waals surface area contributed by atoms with Crippen molar-refractivity contribution in [2.75, 3.05) is 0 Å². The Balaban J connectivity index is 0.000000490. The zero-order chi connectivity index (χ0) is 5.11. The van der Waals surface area contributed by atoms with E-state index in [0.29, 0.717) is 5.92 Å². The van der Waals surface area contributed by atoms with E-state index in [-0.39, 0.29) is 16.5 Å². The van der Waals surface area contributed by atoms with Crippen LogP contribution in [0.5, 0.6) is 0 Å². The van der Waals surface area contributed by atoms with Crippen molar-refractivity contribution in [2.45, 2.75) is 25.7 Å². The van der Waals surface area contributed by atoms with Crippen molar-refractivity contribution in [3.63, 3.8) is 0 Å². The number of hydrogen-bond donors (Lipinski definition) is 0. The van der Waals surface area contributed by atoms with Gasteiger partial charge in [0.25, 0.3) is 0 Å². The molecular formula is C6H9NiO-. The molecule has 0 spiro atoms. The standard InChI is InChI=1S/C6H9O.Ni/c7-5-6-3-1-2-4-6;/h6H,1-4H2;/q-1;. The first-order chi connectivity index (χ1) is 3.43. The Kier molecular flexibility index (Phi) is 4.17. The van der Waals surface area contributed by atoms with Crippen molar-refractivity contribution in [1.29, 1.82) is 0 Å². The van der Waals surface area contributed by atoms with Crippen LogP contribution in [0.1, 0.15) is 25.7 Å². The number of carbonyl (C=O) groups excluding carboxylic acids is 1. The summed E-state index contributed by atoms with van der Waals surface area (Å²) in [5.41, 5.74) is 0. The molecule has 8 heavy (non-hydrogen) atoms. The minimum absolute atomic E-state index is 0. The molecule has 1 aliphatic rings. The van der Waals surface area contributed by atoms with E-state index in [9.17, 15) is 4.79 Å². The van der Waals surface area contributed by atoms with Gasteiger partial charge in [-0.2, -0.15) is 0 Å². The van der Waals surface area contributed by atoms with E-state index in [4.69, 9.17) is 0 Å². The zero-order valence-corrected chi connectivity index (χ0v) is 5.62. The molecule has 0 aromatic carbocycles. The molecule has 2 heteroatoms. The van der Waals surface area contributed by atoms with Crippen LogP contribution in [0.2, 0.25) is 0 Å². The molecule has 0 atom stereocenters. The van der Waals surface area contributed by atoms with E-state index in [1.165, 1.54) is 12.8 Å². The summed E-state index contributed by atoms with van der Waals surface area (Å²) in [7, 11) is 0. The third-order valence-electron chi connectivity index (χ3n) is 1.52. The van der Waals surface area contributed by atoms with Crippen LogP contribution in [0.3, 0.4) is 0 Å². The minimum atomic E-state index is 0. The third kappa shape index (κ3) is 1.96. The van der Waals surface area contributed by atoms with E-state index in [1.807, 2.05) is 6.29 Å². The first-order valence-corrected chi connectivity index (χ1v) is 2.81. The van der Waals surface area contributed by atoms with Crippen LogP contribution in [0.25, 0.3) is 0 Å². The maximum absolute atomic E-state index is 9.88. The third-order valence-corrected chi connectivity index (χ3v) is 1.52. The van der Waals surface area contributed by atoms with Crippen molar-refractivity contribution in [2.24, 2.45) is 5.92 Å². The first kappa shape index (κ1) is 8.16. The molecule has 0 aromatic heterocycles. The monoisotopic (exact) mass is 155 g/mol. The van der Waals surface area contributed by atoms with Crippen molar-refractivity contribution >= 4 is 6.29 Å². The fraction of sp³-hybridized carbons (Fsp3) is 0.833. The minimum Gasteiger partial charge on any atom is -0.542 e. The van der Waals surface area contributed by atoms with Crippen molar-refractivity contribution in [3.05, 3.63) is 0 Å². The van der Waals surface area contributed by atoms with Crippen LogP contribution in [0, 0.1) is 5.92 Å². The predicted molar refractivity (Wildman–Crippen MR) is 27.7 cm³/mol. The molecule has 1 rings (SSSR count). The van der Waals surface area contributed by atoms with Gasteiger partial charge in [-0.1, -0.05) is 25.7 Å². The van der Waals surface area contributed by atoms with Gasteiger partial charge < -0.3 is 4.79 Å². The quantitative estimate of drug-likeness (QED) is 0.412. The van der Waals surface area contributed by atoms with Crippen molar-refractivity contribution in [3.8, 4) is 0 Å². The van der Waals surface area contributed by atoms with Crippen molar-refractivity contribution in [1.82, 2.24) is 0 Å². The Morgan fingerprint density at radius 3 is 2.00 bits per heavy atom. The Morgan fingerprint density at radius 1 is 1.25 bits per heavy atom. The summed E-state index contributed by atoms with van der Waals surface area (Å²) in [5, 5.41) is 0. The van der Waals surface area contributed by atoms with Crippen LogP contribution < -0.4 is 0 Å². The molecule has 0 heterocycles. The van der Waals surface area contributed by atoms with Crippen LogP contribution in [0.4, 0.5) is 0 Å². The molecule has 1 saturated carbocycles. The van der Waals surface area contributed by atoms with Gasteiger partial charge in [-0.25, -0.2) is 0 Å². The smallest absolute Gasteiger partial charge is 0 e. The molecule has 0 aromatic rings. The maximum Gasteiger partial charge on any atom is 0 e. The average molecular weight is 156 g/mol. The molecule has 0 bridgehead atoms. The Labute approximate surface area is 59.8 Å². The summed E-state index contributed by atoms with van der Waals surface area (Å²) >= 11 is 0. The van der Waals surface area contributed by atoms with Gasteiger partial charge in [0.2, 0.25) is 0 Å². The topological polar surface area (TPSA) is 17.1 Å². The van der Waals surface area contributed by atoms with Gasteiger partial charge in [-0.15, -0.1) is 5.92 Å². The number of hydrogen-bond acceptors (Lipinski definition) is 1. The summed E-state index contributed by atoms with van der Waals surface area (Å²) in [6, 6.07) is 0. The molecule has 0 N–H and O–H groups in total. The predicted octanol–water partition coefficient (Wildman–Crippen LogP) is 1.28. The first-order valence-electron chi connectivity index (χ1n) is 2.81. The van der Waals surface area contributed by atoms with E-state index < -0.39 is 0 Å². The normalized spacial score (nSPS) is 20.0. The summed E-state index contributed by atoms with van der Waals surface area (Å²) in [5.74, 6) is 0.292. The molecule has 1 fully saturated rings. The van der Waals surface area contributed by atoms with Crippen LogP contribution in [0.15, 0.2) is 0 Å². The molecule has 1 aliphatic carbocycles. The van der Waals surface area contributed by atoms with Gasteiger partial charge in [0.15, 0.2) is 0 Å². The molecular weight excluding hydrogens is 147 g/mol. The summed E-state index contributed by atoms with van der Waals surface area (Å²) in [6.07, 6.45) is 6.66. The van der Waals surface area contributed by atoms with Crippen molar-refractivity contribution < 1.29 is 21.3 Å². The van der Waals surface area contributed by atoms with E-state index in [0.717, 1.165) is 12.8 Å². The van der Waals surface area contributed by atoms with Gasteiger partial charge >= 0.3 is 0 Å². The zero-order valence-electron chi connectivity index (χ0n) is 4.63. The second-order valence-electron chi connectivity index (χ2n) is 2.10. The molecule has 50 valence electrons. The molecule has 0 amide bonds. The fourth-order valence-electron chi connectivity index (χ4n) is 1.04. The van der Waals surface area contributed by atoms with Crippen LogP contribution in [-0.4, -0.2) is 6.29 Å². The maximum atomic E-state index is 9.88. The van der Waals surface area contributed by atoms with E-state index >= 15 is 0 Å². The summed E-state index contributed by atoms with van der Waals surface area (Å²) in [4.78, 5) is 9.88. The second-order valence-corrected chi connectivity index (χ2v) is 2.10. The van der Waals surface area contributed by atoms with Gasteiger partial charge in [-0.3, -0.25) is 6.29 Å². The van der Waals surface area contributed by atoms with Crippen LogP contribution in [-0.2, 0) is 21.3 Å². The SMILES string of the molecule is O=[C-]C1CCCC1.[Ni]. The van der Waals surface area contributed by atoms with Gasteiger partial charge in [0, 0.05) is 16.5 Å². The molecule has 1 nitrogen and oxygen atoms in total. The van der Waals surface area contributed by atoms with E-state index in [1.54, 1.807) is 0 Å². The summed E-state index contributed by atoms with van der Waals surface area (Å²) < 4.78 is 0. The van der Waals surface area contributed by atoms with E-state index in [2.05, 4.69) is 0 Å². The molecule has 0 radical (unpaired) electrons. The number of rotatable bonds is 1. The second kappa shape index (κ2) is 4.08. The van der Waals surface area contributed by atoms with Gasteiger partial charge in [0.1, 0.15) is 0 Å². The molecule has 0 unspecified atom stereocenters. The van der Waals surface area contributed by atoms with Gasteiger partial charge in [-0.05, 0) is 0 Å². The largest absolute Gasteiger partial charge is 0.542 e. The fourth-order valence-corrected chi connectivity index (χ4v) is 1.04. The molecule has 0 aliphatic heterocycles. The summed E-state index contributed by atoms with van der Waals surface area (Å²) in [6.45, 7) is 0. The van der Waals surface area contributed by atoms with Gasteiger partial charge in [0.05, 0.1) is 0 Å². The van der Waals surface area contributed by atoms with Crippen LogP contribution >= 0.6 is 0 Å². The average Bonchev–Trinajstić information content (AvgIpc) is 2.14. The molecule has 0 saturated heterocycles. The Hall–Kier alpha value is 0.164. The Bertz CT molecular complexity index is 66.9. The Morgan fingerprint density at radius 2 is 1.75 bits per heavy atom.